The molecule has 5 fully saturated rings. The third-order valence-corrected chi connectivity index (χ3v) is 8.12. The molecule has 1 aliphatic heterocycles. The number of alkyl halides is 3. The summed E-state index contributed by atoms with van der Waals surface area (Å²) in [6.07, 6.45) is 4.15. The summed E-state index contributed by atoms with van der Waals surface area (Å²) in [5.41, 5.74) is 0.0729. The Morgan fingerprint density at radius 1 is 1.00 bits per heavy atom. The average Bonchev–Trinajstić information content (AvgIpc) is 3.16. The number of carbonyl (C=O) groups excluding carboxylic acids is 1. The SMILES string of the molecule is O=C(NC12CC3CC(CC(C3)C1)C2)C1CCN(c2ccc3nnc(C(F)(F)F)n3n2)CC1. The Morgan fingerprint density at radius 2 is 1.62 bits per heavy atom. The normalized spacial score (nSPS) is 32.6. The van der Waals surface area contributed by atoms with E-state index in [-0.39, 0.29) is 23.0 Å². The van der Waals surface area contributed by atoms with Crippen LogP contribution in [0.5, 0.6) is 0 Å². The van der Waals surface area contributed by atoms with Gasteiger partial charge < -0.3 is 10.2 Å². The Balaban J connectivity index is 1.12. The van der Waals surface area contributed by atoms with Gasteiger partial charge in [0.25, 0.3) is 5.82 Å². The molecule has 0 atom stereocenters. The summed E-state index contributed by atoms with van der Waals surface area (Å²) in [7, 11) is 0. The molecule has 172 valence electrons. The number of carbonyl (C=O) groups is 1. The van der Waals surface area contributed by atoms with Crippen LogP contribution in [0, 0.1) is 23.7 Å². The molecule has 0 spiro atoms. The van der Waals surface area contributed by atoms with Crippen molar-refractivity contribution in [1.29, 1.82) is 0 Å². The molecule has 2 aromatic heterocycles. The fourth-order valence-corrected chi connectivity index (χ4v) is 7.12. The summed E-state index contributed by atoms with van der Waals surface area (Å²) >= 11 is 0. The molecule has 7 nitrogen and oxygen atoms in total. The van der Waals surface area contributed by atoms with Gasteiger partial charge in [0.2, 0.25) is 5.91 Å². The standard InChI is InChI=1S/C22H27F3N6O/c23-22(24,25)20-28-27-17-1-2-18(29-31(17)20)30-5-3-16(4-6-30)19(32)26-21-10-13-7-14(11-21)9-15(8-13)12-21/h1-2,13-16H,3-12H2,(H,26,32). The maximum atomic E-state index is 13.2. The van der Waals surface area contributed by atoms with Crippen LogP contribution in [0.3, 0.4) is 0 Å². The van der Waals surface area contributed by atoms with Gasteiger partial charge in [-0.3, -0.25) is 4.79 Å². The van der Waals surface area contributed by atoms with Crippen LogP contribution in [-0.2, 0) is 11.0 Å². The van der Waals surface area contributed by atoms with Gasteiger partial charge in [-0.2, -0.15) is 17.7 Å². The van der Waals surface area contributed by atoms with Gasteiger partial charge in [-0.25, -0.2) is 0 Å². The molecule has 0 aromatic carbocycles. The lowest BCUT2D eigenvalue weighted by Gasteiger charge is -2.57. The number of nitrogens with one attached hydrogen (secondary N) is 1. The lowest BCUT2D eigenvalue weighted by atomic mass is 9.53. The second-order valence-corrected chi connectivity index (χ2v) is 10.4. The maximum Gasteiger partial charge on any atom is 0.453 e. The first-order valence-corrected chi connectivity index (χ1v) is 11.6. The van der Waals surface area contributed by atoms with Gasteiger partial charge in [0.05, 0.1) is 0 Å². The summed E-state index contributed by atoms with van der Waals surface area (Å²) in [6.45, 7) is 1.17. The van der Waals surface area contributed by atoms with Gasteiger partial charge in [-0.05, 0) is 81.3 Å². The van der Waals surface area contributed by atoms with Crippen molar-refractivity contribution < 1.29 is 18.0 Å². The van der Waals surface area contributed by atoms with E-state index in [0.717, 1.165) is 41.5 Å². The molecule has 1 saturated heterocycles. The molecule has 4 bridgehead atoms. The maximum absolute atomic E-state index is 13.2. The van der Waals surface area contributed by atoms with Gasteiger partial charge in [0.15, 0.2) is 5.65 Å². The van der Waals surface area contributed by atoms with Crippen LogP contribution in [-0.4, -0.2) is 44.3 Å². The molecule has 2 aromatic rings. The summed E-state index contributed by atoms with van der Waals surface area (Å²) in [4.78, 5) is 15.1. The Kier molecular flexibility index (Phi) is 4.46. The molecule has 10 heteroatoms. The van der Waals surface area contributed by atoms with E-state index in [4.69, 9.17) is 0 Å². The molecule has 5 aliphatic rings. The van der Waals surface area contributed by atoms with Gasteiger partial charge in [0, 0.05) is 24.5 Å². The predicted molar refractivity (Wildman–Crippen MR) is 110 cm³/mol. The molecule has 4 saturated carbocycles. The number of piperidine rings is 1. The van der Waals surface area contributed by atoms with Gasteiger partial charge in [-0.15, -0.1) is 15.3 Å². The third-order valence-electron chi connectivity index (χ3n) is 8.12. The smallest absolute Gasteiger partial charge is 0.355 e. The first kappa shape index (κ1) is 20.2. The minimum absolute atomic E-state index is 0.0119. The minimum atomic E-state index is -4.62. The predicted octanol–water partition coefficient (Wildman–Crippen LogP) is 3.44. The Bertz CT molecular complexity index is 1010. The largest absolute Gasteiger partial charge is 0.453 e. The number of halogens is 3. The summed E-state index contributed by atoms with van der Waals surface area (Å²) in [6, 6.07) is 3.16. The number of rotatable bonds is 3. The topological polar surface area (TPSA) is 75.4 Å². The zero-order valence-corrected chi connectivity index (χ0v) is 17.8. The molecular weight excluding hydrogens is 421 g/mol. The number of anilines is 1. The van der Waals surface area contributed by atoms with E-state index in [1.54, 1.807) is 6.07 Å². The van der Waals surface area contributed by atoms with Crippen molar-refractivity contribution in [2.24, 2.45) is 23.7 Å². The monoisotopic (exact) mass is 448 g/mol. The van der Waals surface area contributed by atoms with Crippen molar-refractivity contribution in [2.45, 2.75) is 63.1 Å². The number of amides is 1. The number of hydrogen-bond donors (Lipinski definition) is 1. The Labute approximate surface area is 183 Å². The lowest BCUT2D eigenvalue weighted by Crippen LogP contribution is -2.61. The van der Waals surface area contributed by atoms with Crippen LogP contribution in [0.1, 0.15) is 57.2 Å². The van der Waals surface area contributed by atoms with E-state index in [9.17, 15) is 18.0 Å². The molecule has 0 radical (unpaired) electrons. The van der Waals surface area contributed by atoms with Gasteiger partial charge >= 0.3 is 6.18 Å². The van der Waals surface area contributed by atoms with Crippen LogP contribution in [0.15, 0.2) is 12.1 Å². The van der Waals surface area contributed by atoms with Crippen molar-refractivity contribution in [3.05, 3.63) is 18.0 Å². The molecule has 32 heavy (non-hydrogen) atoms. The lowest BCUT2D eigenvalue weighted by molar-refractivity contribution is -0.146. The quantitative estimate of drug-likeness (QED) is 0.779. The molecule has 1 N–H and O–H groups in total. The second-order valence-electron chi connectivity index (χ2n) is 10.4. The van der Waals surface area contributed by atoms with E-state index in [0.29, 0.717) is 31.7 Å². The van der Waals surface area contributed by atoms with E-state index in [1.165, 1.54) is 25.3 Å². The summed E-state index contributed by atoms with van der Waals surface area (Å²) in [5.74, 6) is 1.77. The van der Waals surface area contributed by atoms with Crippen molar-refractivity contribution in [3.8, 4) is 0 Å². The highest BCUT2D eigenvalue weighted by Crippen LogP contribution is 2.55. The molecule has 3 heterocycles. The van der Waals surface area contributed by atoms with E-state index >= 15 is 0 Å². The number of aromatic nitrogens is 4. The van der Waals surface area contributed by atoms with Crippen LogP contribution in [0.2, 0.25) is 0 Å². The highest BCUT2D eigenvalue weighted by atomic mass is 19.4. The fraction of sp³-hybridized carbons (Fsp3) is 0.727. The molecule has 0 unspecified atom stereocenters. The molecule has 4 aliphatic carbocycles. The minimum Gasteiger partial charge on any atom is -0.355 e. The molecule has 1 amide bonds. The highest BCUT2D eigenvalue weighted by molar-refractivity contribution is 5.80. The third kappa shape index (κ3) is 3.42. The van der Waals surface area contributed by atoms with Crippen molar-refractivity contribution in [3.63, 3.8) is 0 Å². The first-order chi connectivity index (χ1) is 15.3. The van der Waals surface area contributed by atoms with Gasteiger partial charge in [0.1, 0.15) is 5.82 Å². The van der Waals surface area contributed by atoms with E-state index in [1.807, 2.05) is 4.90 Å². The summed E-state index contributed by atoms with van der Waals surface area (Å²) < 4.78 is 40.2. The van der Waals surface area contributed by atoms with Crippen molar-refractivity contribution >= 4 is 17.4 Å². The van der Waals surface area contributed by atoms with Crippen LogP contribution >= 0.6 is 0 Å². The van der Waals surface area contributed by atoms with E-state index < -0.39 is 12.0 Å². The number of nitrogens with zero attached hydrogens (tertiary/aromatic N) is 5. The molecular formula is C22H27F3N6O. The second kappa shape index (κ2) is 7.05. The fourth-order valence-electron chi connectivity index (χ4n) is 7.12. The summed E-state index contributed by atoms with van der Waals surface area (Å²) in [5, 5.41) is 14.4. The zero-order chi connectivity index (χ0) is 22.1. The van der Waals surface area contributed by atoms with Crippen molar-refractivity contribution in [1.82, 2.24) is 25.1 Å². The number of hydrogen-bond acceptors (Lipinski definition) is 5. The van der Waals surface area contributed by atoms with Crippen LogP contribution in [0.25, 0.3) is 5.65 Å². The Morgan fingerprint density at radius 3 is 2.22 bits per heavy atom. The first-order valence-electron chi connectivity index (χ1n) is 11.6. The van der Waals surface area contributed by atoms with Crippen molar-refractivity contribution in [2.75, 3.05) is 18.0 Å². The molecule has 7 rings (SSSR count). The highest BCUT2D eigenvalue weighted by Gasteiger charge is 2.52. The van der Waals surface area contributed by atoms with Crippen LogP contribution < -0.4 is 10.2 Å². The Hall–Kier alpha value is -2.39. The van der Waals surface area contributed by atoms with E-state index in [2.05, 4.69) is 20.6 Å². The van der Waals surface area contributed by atoms with Crippen LogP contribution in [0.4, 0.5) is 19.0 Å². The van der Waals surface area contributed by atoms with Gasteiger partial charge in [-0.1, -0.05) is 0 Å². The number of fused-ring (bicyclic) bond motifs is 1. The zero-order valence-electron chi connectivity index (χ0n) is 17.8. The average molecular weight is 448 g/mol.